The van der Waals surface area contributed by atoms with Crippen molar-refractivity contribution in [2.45, 2.75) is 95.0 Å². The highest BCUT2D eigenvalue weighted by molar-refractivity contribution is 5.97. The molecule has 0 unspecified atom stereocenters. The quantitative estimate of drug-likeness (QED) is 0.0312. The molecule has 0 spiro atoms. The van der Waals surface area contributed by atoms with E-state index in [0.717, 1.165) is 5.56 Å². The highest BCUT2D eigenvalue weighted by Gasteiger charge is 2.38. The molecule has 342 valence electrons. The SMILES string of the molecule is CC(=O)N[C@H](Cc1ccccc1)C(=O)N[C@H](Cc1ccccc1)C(=O)N[C@H](Cc1ccccc1)C(=O)NCC(=O)N[C@@H](CCCN=C(N)N)C(=O)N1CCC[C@H]1C(=O)N[C@H](C)C(N)=O. The Morgan fingerprint density at radius 3 is 1.61 bits per heavy atom. The Hall–Kier alpha value is -7.31. The van der Waals surface area contributed by atoms with Crippen molar-refractivity contribution in [1.82, 2.24) is 36.8 Å². The summed E-state index contributed by atoms with van der Waals surface area (Å²) < 4.78 is 0. The van der Waals surface area contributed by atoms with E-state index < -0.39 is 90.1 Å². The van der Waals surface area contributed by atoms with Gasteiger partial charge in [0.2, 0.25) is 47.3 Å². The van der Waals surface area contributed by atoms with Gasteiger partial charge in [-0.2, -0.15) is 0 Å². The summed E-state index contributed by atoms with van der Waals surface area (Å²) in [5.41, 5.74) is 18.4. The zero-order valence-electron chi connectivity index (χ0n) is 36.1. The fraction of sp³-hybridized carbons (Fsp3) is 0.400. The first-order valence-electron chi connectivity index (χ1n) is 21.1. The van der Waals surface area contributed by atoms with Crippen LogP contribution in [-0.4, -0.2) is 114 Å². The van der Waals surface area contributed by atoms with Crippen LogP contribution >= 0.6 is 0 Å². The molecular formula is C45H59N11O8. The zero-order valence-corrected chi connectivity index (χ0v) is 36.1. The minimum absolute atomic E-state index is 0.00719. The van der Waals surface area contributed by atoms with Crippen molar-refractivity contribution in [2.24, 2.45) is 22.2 Å². The number of amides is 8. The van der Waals surface area contributed by atoms with Crippen LogP contribution in [0.5, 0.6) is 0 Å². The molecule has 4 rings (SSSR count). The van der Waals surface area contributed by atoms with Gasteiger partial charge in [0.05, 0.1) is 6.54 Å². The third kappa shape index (κ3) is 16.2. The van der Waals surface area contributed by atoms with E-state index >= 15 is 0 Å². The van der Waals surface area contributed by atoms with Gasteiger partial charge in [0.15, 0.2) is 5.96 Å². The third-order valence-corrected chi connectivity index (χ3v) is 10.4. The van der Waals surface area contributed by atoms with Crippen molar-refractivity contribution in [3.63, 3.8) is 0 Å². The minimum atomic E-state index is -1.24. The molecule has 12 N–H and O–H groups in total. The summed E-state index contributed by atoms with van der Waals surface area (Å²) in [6, 6.07) is 20.4. The van der Waals surface area contributed by atoms with E-state index in [0.29, 0.717) is 24.0 Å². The normalized spacial score (nSPS) is 15.5. The standard InChI is InChI=1S/C45H59N11O8/c1-28(39(46)59)51-43(63)37-21-13-23-56(37)44(64)33(20-12-22-49-45(47)48)53-38(58)27-50-40(60)34(24-30-14-6-3-7-15-30)54-42(62)36(26-32-18-10-5-11-19-32)55-41(61)35(52-29(2)57)25-31-16-8-4-9-17-31/h3-11,14-19,28,33-37H,12-13,20-27H2,1-2H3,(H2,46,59)(H,50,60)(H,51,63)(H,52,57)(H,53,58)(H,54,62)(H,55,61)(H4,47,48,49)/t28-,33+,34-,35-,36-,37+/m1/s1. The van der Waals surface area contributed by atoms with Crippen molar-refractivity contribution >= 4 is 53.2 Å². The summed E-state index contributed by atoms with van der Waals surface area (Å²) in [5.74, 6) is -5.23. The number of rotatable bonds is 23. The summed E-state index contributed by atoms with van der Waals surface area (Å²) in [5, 5.41) is 16.0. The average Bonchev–Trinajstić information content (AvgIpc) is 3.77. The van der Waals surface area contributed by atoms with Gasteiger partial charge in [0.25, 0.3) is 0 Å². The molecule has 1 fully saturated rings. The van der Waals surface area contributed by atoms with Crippen LogP contribution in [0.4, 0.5) is 0 Å². The molecule has 0 aliphatic carbocycles. The lowest BCUT2D eigenvalue weighted by atomic mass is 10.0. The first-order valence-corrected chi connectivity index (χ1v) is 21.1. The van der Waals surface area contributed by atoms with E-state index in [1.807, 2.05) is 36.4 Å². The van der Waals surface area contributed by atoms with Crippen LogP contribution in [0.2, 0.25) is 0 Å². The highest BCUT2D eigenvalue weighted by Crippen LogP contribution is 2.20. The number of nitrogens with one attached hydrogen (secondary N) is 6. The average molecular weight is 882 g/mol. The van der Waals surface area contributed by atoms with Crippen LogP contribution in [0.25, 0.3) is 0 Å². The minimum Gasteiger partial charge on any atom is -0.370 e. The molecule has 19 heteroatoms. The molecule has 0 aromatic heterocycles. The summed E-state index contributed by atoms with van der Waals surface area (Å²) in [7, 11) is 0. The number of likely N-dealkylation sites (tertiary alicyclic amines) is 1. The van der Waals surface area contributed by atoms with E-state index in [2.05, 4.69) is 36.9 Å². The Morgan fingerprint density at radius 2 is 1.14 bits per heavy atom. The topological polar surface area (TPSA) is 302 Å². The molecule has 1 saturated heterocycles. The van der Waals surface area contributed by atoms with Gasteiger partial charge in [-0.1, -0.05) is 91.0 Å². The van der Waals surface area contributed by atoms with Gasteiger partial charge in [0.1, 0.15) is 36.3 Å². The Morgan fingerprint density at radius 1 is 0.656 bits per heavy atom. The van der Waals surface area contributed by atoms with E-state index in [9.17, 15) is 38.4 Å². The van der Waals surface area contributed by atoms with Crippen molar-refractivity contribution < 1.29 is 38.4 Å². The van der Waals surface area contributed by atoms with Crippen LogP contribution in [0.3, 0.4) is 0 Å². The van der Waals surface area contributed by atoms with Gasteiger partial charge in [-0.3, -0.25) is 43.3 Å². The molecule has 8 amide bonds. The Bertz CT molecular complexity index is 2100. The number of aliphatic imine (C=N–C) groups is 1. The number of carbonyl (C=O) groups is 8. The second-order valence-electron chi connectivity index (χ2n) is 15.6. The maximum Gasteiger partial charge on any atom is 0.245 e. The van der Waals surface area contributed by atoms with E-state index in [1.165, 1.54) is 18.7 Å². The molecule has 0 radical (unpaired) electrons. The molecule has 3 aromatic carbocycles. The van der Waals surface area contributed by atoms with Crippen LogP contribution in [0.15, 0.2) is 96.0 Å². The van der Waals surface area contributed by atoms with Gasteiger partial charge in [-0.05, 0) is 49.3 Å². The summed E-state index contributed by atoms with van der Waals surface area (Å²) in [6.07, 6.45) is 1.37. The van der Waals surface area contributed by atoms with Crippen molar-refractivity contribution in [2.75, 3.05) is 19.6 Å². The Labute approximate surface area is 372 Å². The number of carbonyl (C=O) groups excluding carboxylic acids is 8. The number of guanidine groups is 1. The third-order valence-electron chi connectivity index (χ3n) is 10.4. The van der Waals surface area contributed by atoms with E-state index in [4.69, 9.17) is 17.2 Å². The summed E-state index contributed by atoms with van der Waals surface area (Å²) >= 11 is 0. The van der Waals surface area contributed by atoms with Gasteiger partial charge < -0.3 is 54.0 Å². The number of nitrogens with zero attached hydrogens (tertiary/aromatic N) is 2. The summed E-state index contributed by atoms with van der Waals surface area (Å²) in [6.45, 7) is 2.48. The fourth-order valence-corrected chi connectivity index (χ4v) is 7.15. The number of hydrogen-bond acceptors (Lipinski definition) is 9. The van der Waals surface area contributed by atoms with Crippen LogP contribution in [-0.2, 0) is 57.6 Å². The fourth-order valence-electron chi connectivity index (χ4n) is 7.15. The van der Waals surface area contributed by atoms with Crippen molar-refractivity contribution in [3.05, 3.63) is 108 Å². The molecule has 0 bridgehead atoms. The molecule has 64 heavy (non-hydrogen) atoms. The predicted molar refractivity (Wildman–Crippen MR) is 238 cm³/mol. The largest absolute Gasteiger partial charge is 0.370 e. The van der Waals surface area contributed by atoms with Gasteiger partial charge >= 0.3 is 0 Å². The van der Waals surface area contributed by atoms with E-state index in [-0.39, 0.29) is 51.2 Å². The van der Waals surface area contributed by atoms with Crippen molar-refractivity contribution in [3.8, 4) is 0 Å². The lowest BCUT2D eigenvalue weighted by Crippen LogP contribution is -2.58. The Balaban J connectivity index is 1.51. The number of hydrogen-bond donors (Lipinski definition) is 9. The van der Waals surface area contributed by atoms with Crippen molar-refractivity contribution in [1.29, 1.82) is 0 Å². The molecule has 1 aliphatic heterocycles. The second-order valence-corrected chi connectivity index (χ2v) is 15.6. The molecule has 1 heterocycles. The maximum absolute atomic E-state index is 14.2. The zero-order chi connectivity index (χ0) is 46.6. The van der Waals surface area contributed by atoms with E-state index in [1.54, 1.807) is 54.6 Å². The Kier molecular flexibility index (Phi) is 19.2. The van der Waals surface area contributed by atoms with Gasteiger partial charge in [0, 0.05) is 39.3 Å². The van der Waals surface area contributed by atoms with Gasteiger partial charge in [-0.15, -0.1) is 0 Å². The monoisotopic (exact) mass is 881 g/mol. The number of benzene rings is 3. The maximum atomic E-state index is 14.2. The lowest BCUT2D eigenvalue weighted by Gasteiger charge is -2.29. The number of nitrogens with two attached hydrogens (primary N) is 3. The van der Waals surface area contributed by atoms with Crippen LogP contribution < -0.4 is 49.1 Å². The molecule has 6 atom stereocenters. The summed E-state index contributed by atoms with van der Waals surface area (Å²) in [4.78, 5) is 112. The highest BCUT2D eigenvalue weighted by atomic mass is 16.2. The number of primary amides is 1. The lowest BCUT2D eigenvalue weighted by molar-refractivity contribution is -0.142. The van der Waals surface area contributed by atoms with Crippen LogP contribution in [0, 0.1) is 0 Å². The molecule has 3 aromatic rings. The molecule has 19 nitrogen and oxygen atoms in total. The molecule has 0 saturated carbocycles. The second kappa shape index (κ2) is 25.0. The molecular weight excluding hydrogens is 823 g/mol. The van der Waals surface area contributed by atoms with Gasteiger partial charge in [-0.25, -0.2) is 0 Å². The smallest absolute Gasteiger partial charge is 0.245 e. The van der Waals surface area contributed by atoms with Crippen LogP contribution in [0.1, 0.15) is 56.2 Å². The molecule has 1 aliphatic rings. The predicted octanol–water partition coefficient (Wildman–Crippen LogP) is -1.18. The first-order chi connectivity index (χ1) is 30.6. The first kappa shape index (κ1) is 49.3.